The summed E-state index contributed by atoms with van der Waals surface area (Å²) in [5.74, 6) is 0.884. The van der Waals surface area contributed by atoms with Gasteiger partial charge in [-0.1, -0.05) is 13.3 Å². The Kier molecular flexibility index (Phi) is 5.19. The van der Waals surface area contributed by atoms with Gasteiger partial charge in [-0.25, -0.2) is 8.42 Å². The minimum atomic E-state index is -3.74. The van der Waals surface area contributed by atoms with Crippen molar-refractivity contribution in [3.05, 3.63) is 23.5 Å². The highest BCUT2D eigenvalue weighted by molar-refractivity contribution is 7.92. The molecular weight excluding hydrogens is 316 g/mol. The second-order valence-electron chi connectivity index (χ2n) is 5.42. The highest BCUT2D eigenvalue weighted by atomic mass is 32.2. The van der Waals surface area contributed by atoms with Crippen molar-refractivity contribution in [3.8, 4) is 0 Å². The van der Waals surface area contributed by atoms with Gasteiger partial charge in [-0.3, -0.25) is 9.82 Å². The van der Waals surface area contributed by atoms with Crippen LogP contribution in [-0.2, 0) is 10.0 Å². The molecule has 0 atom stereocenters. The Bertz CT molecular complexity index is 735. The van der Waals surface area contributed by atoms with Gasteiger partial charge in [-0.15, -0.1) is 10.2 Å². The lowest BCUT2D eigenvalue weighted by Gasteiger charge is -2.17. The molecule has 0 aromatic carbocycles. The van der Waals surface area contributed by atoms with E-state index in [0.717, 1.165) is 19.4 Å². The fraction of sp³-hybridized carbons (Fsp3) is 0.500. The number of nitrogens with one attached hydrogen (secondary N) is 2. The van der Waals surface area contributed by atoms with Gasteiger partial charge in [0.2, 0.25) is 0 Å². The van der Waals surface area contributed by atoms with Crippen LogP contribution in [0.15, 0.2) is 17.0 Å². The third kappa shape index (κ3) is 3.98. The molecule has 0 saturated heterocycles. The predicted molar refractivity (Wildman–Crippen MR) is 89.1 cm³/mol. The Morgan fingerprint density at radius 3 is 2.52 bits per heavy atom. The molecule has 0 spiro atoms. The number of H-pyrrole nitrogens is 1. The zero-order valence-corrected chi connectivity index (χ0v) is 14.6. The summed E-state index contributed by atoms with van der Waals surface area (Å²) in [6, 6.07) is 3.35. The summed E-state index contributed by atoms with van der Waals surface area (Å²) in [5, 5.41) is 14.6. The summed E-state index contributed by atoms with van der Waals surface area (Å²) in [6.45, 7) is 6.29. The summed E-state index contributed by atoms with van der Waals surface area (Å²) >= 11 is 0. The van der Waals surface area contributed by atoms with E-state index in [0.29, 0.717) is 17.2 Å². The van der Waals surface area contributed by atoms with E-state index in [-0.39, 0.29) is 10.7 Å². The lowest BCUT2D eigenvalue weighted by Crippen LogP contribution is -2.20. The number of aromatic nitrogens is 4. The van der Waals surface area contributed by atoms with Crippen molar-refractivity contribution in [1.82, 2.24) is 20.4 Å². The molecule has 23 heavy (non-hydrogen) atoms. The van der Waals surface area contributed by atoms with E-state index >= 15 is 0 Å². The molecule has 9 heteroatoms. The Morgan fingerprint density at radius 1 is 1.26 bits per heavy atom. The molecule has 0 saturated carbocycles. The van der Waals surface area contributed by atoms with Gasteiger partial charge in [0.1, 0.15) is 4.90 Å². The van der Waals surface area contributed by atoms with Crippen molar-refractivity contribution < 1.29 is 8.42 Å². The second kappa shape index (κ2) is 6.95. The normalized spacial score (nSPS) is 11.5. The highest BCUT2D eigenvalue weighted by Crippen LogP contribution is 2.20. The van der Waals surface area contributed by atoms with Gasteiger partial charge < -0.3 is 4.90 Å². The second-order valence-corrected chi connectivity index (χ2v) is 7.04. The molecule has 0 unspecified atom stereocenters. The van der Waals surface area contributed by atoms with Crippen LogP contribution >= 0.6 is 0 Å². The Balaban J connectivity index is 2.15. The van der Waals surface area contributed by atoms with E-state index in [9.17, 15) is 8.42 Å². The Morgan fingerprint density at radius 2 is 2.00 bits per heavy atom. The molecule has 0 aliphatic heterocycles. The number of rotatable bonds is 7. The average molecular weight is 338 g/mol. The first kappa shape index (κ1) is 17.2. The SMILES string of the molecule is CCCCN(C)c1ccc(NS(=O)(=O)c2c(C)n[nH]c2C)nn1. The van der Waals surface area contributed by atoms with Gasteiger partial charge >= 0.3 is 0 Å². The predicted octanol–water partition coefficient (Wildman–Crippen LogP) is 1.85. The van der Waals surface area contributed by atoms with Crippen LogP contribution in [-0.4, -0.2) is 42.4 Å². The molecule has 2 rings (SSSR count). The fourth-order valence-corrected chi connectivity index (χ4v) is 3.59. The number of aryl methyl sites for hydroxylation is 2. The monoisotopic (exact) mass is 338 g/mol. The molecule has 2 N–H and O–H groups in total. The smallest absolute Gasteiger partial charge is 0.266 e. The zero-order chi connectivity index (χ0) is 17.0. The third-order valence-electron chi connectivity index (χ3n) is 3.46. The largest absolute Gasteiger partial charge is 0.358 e. The molecule has 0 radical (unpaired) electrons. The molecule has 0 amide bonds. The molecule has 126 valence electrons. The van der Waals surface area contributed by atoms with E-state index in [1.54, 1.807) is 26.0 Å². The van der Waals surface area contributed by atoms with Crippen molar-refractivity contribution in [2.75, 3.05) is 23.2 Å². The maximum atomic E-state index is 12.4. The minimum Gasteiger partial charge on any atom is -0.358 e. The number of aromatic amines is 1. The van der Waals surface area contributed by atoms with Crippen LogP contribution in [0.25, 0.3) is 0 Å². The number of anilines is 2. The molecule has 0 aliphatic carbocycles. The lowest BCUT2D eigenvalue weighted by atomic mass is 10.3. The Labute approximate surface area is 136 Å². The summed E-state index contributed by atoms with van der Waals surface area (Å²) in [7, 11) is -1.81. The van der Waals surface area contributed by atoms with Gasteiger partial charge in [0.25, 0.3) is 10.0 Å². The number of nitrogens with zero attached hydrogens (tertiary/aromatic N) is 4. The minimum absolute atomic E-state index is 0.142. The zero-order valence-electron chi connectivity index (χ0n) is 13.8. The molecular formula is C14H22N6O2S. The van der Waals surface area contributed by atoms with Crippen molar-refractivity contribution in [3.63, 3.8) is 0 Å². The molecule has 0 bridgehead atoms. The number of hydrogen-bond donors (Lipinski definition) is 2. The van der Waals surface area contributed by atoms with Crippen LogP contribution < -0.4 is 9.62 Å². The quantitative estimate of drug-likeness (QED) is 0.798. The maximum Gasteiger partial charge on any atom is 0.266 e. The van der Waals surface area contributed by atoms with Crippen LogP contribution in [0.1, 0.15) is 31.2 Å². The van der Waals surface area contributed by atoms with Crippen LogP contribution in [0.4, 0.5) is 11.6 Å². The van der Waals surface area contributed by atoms with Gasteiger partial charge in [0.05, 0.1) is 11.4 Å². The first-order valence-electron chi connectivity index (χ1n) is 7.44. The van der Waals surface area contributed by atoms with Gasteiger partial charge in [0.15, 0.2) is 11.6 Å². The average Bonchev–Trinajstić information content (AvgIpc) is 2.85. The summed E-state index contributed by atoms with van der Waals surface area (Å²) in [4.78, 5) is 2.13. The topological polar surface area (TPSA) is 104 Å². The molecule has 0 fully saturated rings. The maximum absolute atomic E-state index is 12.4. The number of sulfonamides is 1. The van der Waals surface area contributed by atoms with Crippen LogP contribution in [0.2, 0.25) is 0 Å². The standard InChI is InChI=1S/C14H22N6O2S/c1-5-6-9-20(4)13-8-7-12(17-18-13)19-23(21,22)14-10(2)15-16-11(14)3/h7-8H,5-6,9H2,1-4H3,(H,15,16)(H,17,19). The van der Waals surface area contributed by atoms with Crippen LogP contribution in [0, 0.1) is 13.8 Å². The summed E-state index contributed by atoms with van der Waals surface area (Å²) < 4.78 is 27.3. The van der Waals surface area contributed by atoms with E-state index < -0.39 is 10.0 Å². The molecule has 2 aromatic heterocycles. The van der Waals surface area contributed by atoms with Crippen LogP contribution in [0.5, 0.6) is 0 Å². The lowest BCUT2D eigenvalue weighted by molar-refractivity contribution is 0.600. The van der Waals surface area contributed by atoms with E-state index in [2.05, 4.69) is 32.0 Å². The fourth-order valence-electron chi connectivity index (χ4n) is 2.22. The number of hydrogen-bond acceptors (Lipinski definition) is 6. The Hall–Kier alpha value is -2.16. The molecule has 2 heterocycles. The third-order valence-corrected chi connectivity index (χ3v) is 5.07. The molecule has 2 aromatic rings. The first-order valence-corrected chi connectivity index (χ1v) is 8.92. The van der Waals surface area contributed by atoms with Crippen molar-refractivity contribution in [1.29, 1.82) is 0 Å². The van der Waals surface area contributed by atoms with E-state index in [4.69, 9.17) is 0 Å². The van der Waals surface area contributed by atoms with Gasteiger partial charge in [-0.2, -0.15) is 5.10 Å². The summed E-state index contributed by atoms with van der Waals surface area (Å²) in [5.41, 5.74) is 0.901. The first-order chi connectivity index (χ1) is 10.8. The molecule has 0 aliphatic rings. The number of unbranched alkanes of at least 4 members (excludes halogenated alkanes) is 1. The van der Waals surface area contributed by atoms with Gasteiger partial charge in [0, 0.05) is 13.6 Å². The van der Waals surface area contributed by atoms with E-state index in [1.807, 2.05) is 11.9 Å². The van der Waals surface area contributed by atoms with Crippen molar-refractivity contribution >= 4 is 21.7 Å². The van der Waals surface area contributed by atoms with Crippen LogP contribution in [0.3, 0.4) is 0 Å². The van der Waals surface area contributed by atoms with Crippen molar-refractivity contribution in [2.45, 2.75) is 38.5 Å². The van der Waals surface area contributed by atoms with E-state index in [1.165, 1.54) is 0 Å². The summed E-state index contributed by atoms with van der Waals surface area (Å²) in [6.07, 6.45) is 2.16. The molecule has 8 nitrogen and oxygen atoms in total. The highest BCUT2D eigenvalue weighted by Gasteiger charge is 2.22. The van der Waals surface area contributed by atoms with Gasteiger partial charge in [-0.05, 0) is 32.4 Å². The van der Waals surface area contributed by atoms with Crippen molar-refractivity contribution in [2.24, 2.45) is 0 Å².